The largest absolute Gasteiger partial charge is 0.495 e. The van der Waals surface area contributed by atoms with E-state index in [9.17, 15) is 9.59 Å². The highest BCUT2D eigenvalue weighted by Crippen LogP contribution is 2.31. The van der Waals surface area contributed by atoms with Crippen LogP contribution in [0.3, 0.4) is 0 Å². The molecular formula is C20H21N5O3. The highest BCUT2D eigenvalue weighted by Gasteiger charge is 2.33. The molecule has 1 aliphatic rings. The van der Waals surface area contributed by atoms with Crippen LogP contribution in [0.25, 0.3) is 11.4 Å². The smallest absolute Gasteiger partial charge is 0.269 e. The van der Waals surface area contributed by atoms with Gasteiger partial charge < -0.3 is 19.5 Å². The monoisotopic (exact) mass is 379 g/mol. The molecule has 2 aromatic heterocycles. The minimum atomic E-state index is -0.285. The third-order valence-corrected chi connectivity index (χ3v) is 4.86. The van der Waals surface area contributed by atoms with E-state index in [1.54, 1.807) is 18.1 Å². The summed E-state index contributed by atoms with van der Waals surface area (Å²) < 4.78 is 7.27. The topological polar surface area (TPSA) is 92.2 Å². The van der Waals surface area contributed by atoms with Gasteiger partial charge in [0.05, 0.1) is 24.5 Å². The number of nitrogens with one attached hydrogen (secondary N) is 2. The number of hydrogen-bond acceptors (Lipinski definition) is 4. The van der Waals surface area contributed by atoms with Gasteiger partial charge in [-0.15, -0.1) is 0 Å². The molecule has 2 amide bonds. The third kappa shape index (κ3) is 3.24. The fourth-order valence-electron chi connectivity index (χ4n) is 3.45. The molecule has 1 saturated heterocycles. The molecule has 8 heteroatoms. The van der Waals surface area contributed by atoms with Crippen molar-refractivity contribution in [2.75, 3.05) is 18.6 Å². The maximum atomic E-state index is 12.6. The van der Waals surface area contributed by atoms with Crippen LogP contribution in [0.5, 0.6) is 5.75 Å². The van der Waals surface area contributed by atoms with Gasteiger partial charge in [-0.3, -0.25) is 14.7 Å². The molecule has 0 bridgehead atoms. The van der Waals surface area contributed by atoms with Crippen molar-refractivity contribution in [1.29, 1.82) is 0 Å². The molecule has 28 heavy (non-hydrogen) atoms. The van der Waals surface area contributed by atoms with Crippen LogP contribution in [-0.4, -0.2) is 46.3 Å². The lowest BCUT2D eigenvalue weighted by atomic mass is 10.2. The molecule has 1 aromatic carbocycles. The molecule has 3 heterocycles. The van der Waals surface area contributed by atoms with E-state index >= 15 is 0 Å². The second kappa shape index (κ2) is 7.22. The Morgan fingerprint density at radius 1 is 1.29 bits per heavy atom. The number of anilines is 1. The van der Waals surface area contributed by atoms with Gasteiger partial charge in [-0.25, -0.2) is 0 Å². The van der Waals surface area contributed by atoms with Gasteiger partial charge in [0.2, 0.25) is 5.91 Å². The maximum absolute atomic E-state index is 12.6. The number of benzene rings is 1. The molecule has 1 aliphatic heterocycles. The third-order valence-electron chi connectivity index (χ3n) is 4.86. The summed E-state index contributed by atoms with van der Waals surface area (Å²) in [6.45, 7) is 0.393. The summed E-state index contributed by atoms with van der Waals surface area (Å²) in [5.41, 5.74) is 2.67. The lowest BCUT2D eigenvalue weighted by Crippen LogP contribution is -2.37. The summed E-state index contributed by atoms with van der Waals surface area (Å²) >= 11 is 0. The Morgan fingerprint density at radius 3 is 2.86 bits per heavy atom. The average molecular weight is 379 g/mol. The first kappa shape index (κ1) is 17.8. The van der Waals surface area contributed by atoms with Gasteiger partial charge in [0.15, 0.2) is 0 Å². The number of carbonyl (C=O) groups excluding carboxylic acids is 2. The molecule has 0 saturated carbocycles. The molecule has 144 valence electrons. The summed E-state index contributed by atoms with van der Waals surface area (Å²) in [4.78, 5) is 26.7. The quantitative estimate of drug-likeness (QED) is 0.709. The van der Waals surface area contributed by atoms with Crippen molar-refractivity contribution in [3.63, 3.8) is 0 Å². The van der Waals surface area contributed by atoms with E-state index in [0.29, 0.717) is 29.4 Å². The molecule has 0 unspecified atom stereocenters. The first-order chi connectivity index (χ1) is 13.6. The number of hydrogen-bond donors (Lipinski definition) is 2. The first-order valence-electron chi connectivity index (χ1n) is 8.98. The van der Waals surface area contributed by atoms with E-state index in [2.05, 4.69) is 15.5 Å². The predicted octanol–water partition coefficient (Wildman–Crippen LogP) is 1.96. The second-order valence-corrected chi connectivity index (χ2v) is 6.72. The number of aromatic amines is 1. The minimum absolute atomic E-state index is 0.0519. The highest BCUT2D eigenvalue weighted by molar-refractivity contribution is 5.99. The van der Waals surface area contributed by atoms with Gasteiger partial charge in [0.1, 0.15) is 17.1 Å². The normalized spacial score (nSPS) is 16.4. The van der Waals surface area contributed by atoms with E-state index in [-0.39, 0.29) is 24.3 Å². The molecular weight excluding hydrogens is 358 g/mol. The van der Waals surface area contributed by atoms with Crippen molar-refractivity contribution < 1.29 is 14.3 Å². The molecule has 2 N–H and O–H groups in total. The van der Waals surface area contributed by atoms with Crippen molar-refractivity contribution >= 4 is 17.5 Å². The van der Waals surface area contributed by atoms with Crippen molar-refractivity contribution in [2.45, 2.75) is 12.5 Å². The first-order valence-corrected chi connectivity index (χ1v) is 8.98. The Bertz CT molecular complexity index is 1020. The van der Waals surface area contributed by atoms with Gasteiger partial charge in [-0.2, -0.15) is 5.10 Å². The van der Waals surface area contributed by atoms with E-state index < -0.39 is 0 Å². The molecule has 8 nitrogen and oxygen atoms in total. The average Bonchev–Trinajstić information content (AvgIpc) is 3.41. The van der Waals surface area contributed by atoms with Crippen LogP contribution >= 0.6 is 0 Å². The molecule has 0 aliphatic carbocycles. The number of aryl methyl sites for hydroxylation is 1. The predicted molar refractivity (Wildman–Crippen MR) is 104 cm³/mol. The summed E-state index contributed by atoms with van der Waals surface area (Å²) in [5, 5.41) is 9.90. The zero-order chi connectivity index (χ0) is 19.7. The number of para-hydroxylation sites is 2. The Labute approximate surface area is 162 Å². The van der Waals surface area contributed by atoms with Gasteiger partial charge >= 0.3 is 0 Å². The van der Waals surface area contributed by atoms with Gasteiger partial charge in [-0.05, 0) is 30.3 Å². The van der Waals surface area contributed by atoms with Crippen molar-refractivity contribution in [2.24, 2.45) is 7.05 Å². The number of H-pyrrole nitrogens is 1. The summed E-state index contributed by atoms with van der Waals surface area (Å²) in [7, 11) is 3.49. The Hall–Kier alpha value is -3.55. The van der Waals surface area contributed by atoms with E-state index in [1.807, 2.05) is 54.2 Å². The fourth-order valence-corrected chi connectivity index (χ4v) is 3.45. The van der Waals surface area contributed by atoms with Gasteiger partial charge in [-0.1, -0.05) is 12.1 Å². The zero-order valence-electron chi connectivity index (χ0n) is 15.7. The van der Waals surface area contributed by atoms with E-state index in [0.717, 1.165) is 5.69 Å². The number of carbonyl (C=O) groups is 2. The van der Waals surface area contributed by atoms with E-state index in [4.69, 9.17) is 4.74 Å². The Morgan fingerprint density at radius 2 is 2.11 bits per heavy atom. The number of ether oxygens (including phenoxy) is 1. The molecule has 0 spiro atoms. The Balaban J connectivity index is 1.45. The van der Waals surface area contributed by atoms with Crippen molar-refractivity contribution in [3.8, 4) is 17.1 Å². The number of rotatable bonds is 5. The minimum Gasteiger partial charge on any atom is -0.495 e. The summed E-state index contributed by atoms with van der Waals surface area (Å²) in [6, 6.07) is 12.6. The van der Waals surface area contributed by atoms with E-state index in [1.165, 1.54) is 0 Å². The Kier molecular flexibility index (Phi) is 4.60. The van der Waals surface area contributed by atoms with Crippen LogP contribution in [0, 0.1) is 0 Å². The van der Waals surface area contributed by atoms with Gasteiger partial charge in [0.25, 0.3) is 5.91 Å². The SMILES string of the molecule is COc1ccccc1N1C[C@H](NC(=O)c2cc(-c3cccn3C)n[nH]2)CC1=O. The molecule has 0 radical (unpaired) electrons. The molecule has 3 aromatic rings. The summed E-state index contributed by atoms with van der Waals surface area (Å²) in [5.74, 6) is 0.292. The van der Waals surface area contributed by atoms with Crippen LogP contribution in [0.2, 0.25) is 0 Å². The molecule has 1 atom stereocenters. The van der Waals surface area contributed by atoms with Crippen LogP contribution in [0.1, 0.15) is 16.9 Å². The number of amides is 2. The molecule has 4 rings (SSSR count). The van der Waals surface area contributed by atoms with Crippen LogP contribution in [0.15, 0.2) is 48.7 Å². The van der Waals surface area contributed by atoms with Crippen LogP contribution in [0.4, 0.5) is 5.69 Å². The molecule has 1 fully saturated rings. The maximum Gasteiger partial charge on any atom is 0.269 e. The highest BCUT2D eigenvalue weighted by atomic mass is 16.5. The lowest BCUT2D eigenvalue weighted by Gasteiger charge is -2.19. The number of methoxy groups -OCH3 is 1. The van der Waals surface area contributed by atoms with Gasteiger partial charge in [0, 0.05) is 26.2 Å². The lowest BCUT2D eigenvalue weighted by molar-refractivity contribution is -0.117. The van der Waals surface area contributed by atoms with Crippen molar-refractivity contribution in [3.05, 3.63) is 54.4 Å². The van der Waals surface area contributed by atoms with Crippen LogP contribution in [-0.2, 0) is 11.8 Å². The zero-order valence-corrected chi connectivity index (χ0v) is 15.7. The van der Waals surface area contributed by atoms with Crippen LogP contribution < -0.4 is 15.0 Å². The second-order valence-electron chi connectivity index (χ2n) is 6.72. The fraction of sp³-hybridized carbons (Fsp3) is 0.250. The van der Waals surface area contributed by atoms with Crippen molar-refractivity contribution in [1.82, 2.24) is 20.1 Å². The number of aromatic nitrogens is 3. The number of nitrogens with zero attached hydrogens (tertiary/aromatic N) is 3. The summed E-state index contributed by atoms with van der Waals surface area (Å²) in [6.07, 6.45) is 2.16. The standard InChI is InChI=1S/C20H21N5O3/c1-24-9-5-7-16(24)14-11-15(23-22-14)20(27)21-13-10-19(26)25(12-13)17-6-3-4-8-18(17)28-2/h3-9,11,13H,10,12H2,1-2H3,(H,21,27)(H,22,23)/t13-/m1/s1.